The summed E-state index contributed by atoms with van der Waals surface area (Å²) < 4.78 is 11.6. The first kappa shape index (κ1) is 33.9. The van der Waals surface area contributed by atoms with E-state index in [0.717, 1.165) is 64.2 Å². The van der Waals surface area contributed by atoms with Gasteiger partial charge < -0.3 is 9.47 Å². The fourth-order valence-electron chi connectivity index (χ4n) is 6.11. The summed E-state index contributed by atoms with van der Waals surface area (Å²) in [5.41, 5.74) is 0.123. The molecular weight excluding hydrogens is 464 g/mol. The first-order chi connectivity index (χ1) is 17.1. The lowest BCUT2D eigenvalue weighted by Gasteiger charge is -2.53. The van der Waals surface area contributed by atoms with Crippen LogP contribution in [0.3, 0.4) is 0 Å². The highest BCUT2D eigenvalue weighted by atomic mass is 16.5. The van der Waals surface area contributed by atoms with E-state index in [4.69, 9.17) is 9.47 Å². The van der Waals surface area contributed by atoms with Crippen molar-refractivity contribution in [3.05, 3.63) is 0 Å². The standard InChI is InChI=1S/C29H54N2O4.C2H6/c1-22-18-23(19-27(2,3)30(22)8)34-25(32)16-14-12-10-11-13-15-17-26(33)35-24-20-28(4,5)31(9)29(6,7)21-24;1-2/h22-24H,10-21H2,1-9H3;1-2H3. The van der Waals surface area contributed by atoms with Crippen LogP contribution in [0, 0.1) is 0 Å². The van der Waals surface area contributed by atoms with Gasteiger partial charge >= 0.3 is 11.9 Å². The van der Waals surface area contributed by atoms with Crippen LogP contribution in [0.25, 0.3) is 0 Å². The topological polar surface area (TPSA) is 59.1 Å². The number of nitrogens with zero attached hydrogens (tertiary/aromatic N) is 2. The van der Waals surface area contributed by atoms with Gasteiger partial charge in [-0.2, -0.15) is 0 Å². The van der Waals surface area contributed by atoms with Gasteiger partial charge in [0.2, 0.25) is 0 Å². The Kier molecular flexibility index (Phi) is 13.6. The fourth-order valence-corrected chi connectivity index (χ4v) is 6.11. The second-order valence-electron chi connectivity index (χ2n) is 13.1. The maximum Gasteiger partial charge on any atom is 0.306 e. The van der Waals surface area contributed by atoms with E-state index in [-0.39, 0.29) is 40.8 Å². The summed E-state index contributed by atoms with van der Waals surface area (Å²) in [6.07, 6.45) is 10.7. The Labute approximate surface area is 229 Å². The molecule has 37 heavy (non-hydrogen) atoms. The Balaban J connectivity index is 0.00000334. The molecule has 2 aliphatic rings. The molecule has 0 bridgehead atoms. The second-order valence-corrected chi connectivity index (χ2v) is 13.1. The van der Waals surface area contributed by atoms with Crippen molar-refractivity contribution in [3.63, 3.8) is 0 Å². The minimum atomic E-state index is -0.0553. The van der Waals surface area contributed by atoms with E-state index >= 15 is 0 Å². The molecule has 2 atom stereocenters. The molecule has 0 aliphatic carbocycles. The molecular formula is C31H60N2O4. The Bertz CT molecular complexity index is 685. The summed E-state index contributed by atoms with van der Waals surface area (Å²) in [6.45, 7) is 19.6. The first-order valence-electron chi connectivity index (χ1n) is 15.0. The lowest BCUT2D eigenvalue weighted by atomic mass is 9.79. The summed E-state index contributed by atoms with van der Waals surface area (Å²) in [6, 6.07) is 0.428. The van der Waals surface area contributed by atoms with Crippen LogP contribution in [0.2, 0.25) is 0 Å². The maximum atomic E-state index is 12.4. The van der Waals surface area contributed by atoms with Crippen molar-refractivity contribution in [2.45, 2.75) is 174 Å². The fraction of sp³-hybridized carbons (Fsp3) is 0.935. The van der Waals surface area contributed by atoms with E-state index < -0.39 is 0 Å². The van der Waals surface area contributed by atoms with Crippen LogP contribution in [0.1, 0.15) is 139 Å². The highest BCUT2D eigenvalue weighted by Gasteiger charge is 2.44. The molecule has 0 saturated carbocycles. The zero-order valence-corrected chi connectivity index (χ0v) is 26.2. The van der Waals surface area contributed by atoms with E-state index in [9.17, 15) is 9.59 Å². The third-order valence-corrected chi connectivity index (χ3v) is 8.83. The molecule has 0 aromatic carbocycles. The molecule has 2 aliphatic heterocycles. The van der Waals surface area contributed by atoms with Gasteiger partial charge in [-0.05, 0) is 81.8 Å². The van der Waals surface area contributed by atoms with E-state index in [0.29, 0.717) is 18.9 Å². The normalized spacial score (nSPS) is 25.6. The molecule has 2 rings (SSSR count). The molecule has 2 unspecified atom stereocenters. The quantitative estimate of drug-likeness (QED) is 0.212. The second kappa shape index (κ2) is 14.9. The van der Waals surface area contributed by atoms with Gasteiger partial charge in [0, 0.05) is 54.8 Å². The molecule has 6 heteroatoms. The number of carbonyl (C=O) groups excluding carboxylic acids is 2. The highest BCUT2D eigenvalue weighted by molar-refractivity contribution is 5.69. The average molecular weight is 525 g/mol. The number of esters is 2. The zero-order valence-electron chi connectivity index (χ0n) is 26.2. The van der Waals surface area contributed by atoms with Crippen molar-refractivity contribution in [3.8, 4) is 0 Å². The van der Waals surface area contributed by atoms with Crippen molar-refractivity contribution in [1.82, 2.24) is 9.80 Å². The van der Waals surface area contributed by atoms with Gasteiger partial charge in [0.25, 0.3) is 0 Å². The van der Waals surface area contributed by atoms with Crippen LogP contribution in [-0.4, -0.2) is 70.7 Å². The number of rotatable bonds is 11. The Morgan fingerprint density at radius 3 is 1.49 bits per heavy atom. The van der Waals surface area contributed by atoms with Crippen LogP contribution in [0.5, 0.6) is 0 Å². The lowest BCUT2D eigenvalue weighted by Crippen LogP contribution is -2.60. The van der Waals surface area contributed by atoms with Crippen molar-refractivity contribution in [2.24, 2.45) is 0 Å². The highest BCUT2D eigenvalue weighted by Crippen LogP contribution is 2.38. The Morgan fingerprint density at radius 1 is 0.676 bits per heavy atom. The smallest absolute Gasteiger partial charge is 0.306 e. The van der Waals surface area contributed by atoms with E-state index in [1.54, 1.807) is 0 Å². The maximum absolute atomic E-state index is 12.4. The number of ether oxygens (including phenoxy) is 2. The van der Waals surface area contributed by atoms with Crippen LogP contribution in [0.15, 0.2) is 0 Å². The Morgan fingerprint density at radius 2 is 1.05 bits per heavy atom. The van der Waals surface area contributed by atoms with Gasteiger partial charge in [-0.25, -0.2) is 0 Å². The van der Waals surface area contributed by atoms with Crippen molar-refractivity contribution in [1.29, 1.82) is 0 Å². The van der Waals surface area contributed by atoms with E-state index in [1.165, 1.54) is 0 Å². The molecule has 0 radical (unpaired) electrons. The van der Waals surface area contributed by atoms with Crippen LogP contribution in [0.4, 0.5) is 0 Å². The summed E-state index contributed by atoms with van der Waals surface area (Å²) in [4.78, 5) is 29.5. The molecule has 218 valence electrons. The number of likely N-dealkylation sites (tertiary alicyclic amines) is 2. The Hall–Kier alpha value is -1.14. The van der Waals surface area contributed by atoms with Crippen LogP contribution >= 0.6 is 0 Å². The van der Waals surface area contributed by atoms with Crippen molar-refractivity contribution in [2.75, 3.05) is 14.1 Å². The van der Waals surface area contributed by atoms with Crippen LogP contribution in [-0.2, 0) is 19.1 Å². The number of hydrogen-bond donors (Lipinski definition) is 0. The third-order valence-electron chi connectivity index (χ3n) is 8.83. The van der Waals surface area contributed by atoms with Crippen molar-refractivity contribution >= 4 is 11.9 Å². The predicted molar refractivity (Wildman–Crippen MR) is 154 cm³/mol. The summed E-state index contributed by atoms with van der Waals surface area (Å²) >= 11 is 0. The summed E-state index contributed by atoms with van der Waals surface area (Å²) in [5.74, 6) is -0.106. The number of hydrogen-bond acceptors (Lipinski definition) is 6. The first-order valence-corrected chi connectivity index (χ1v) is 15.0. The summed E-state index contributed by atoms with van der Waals surface area (Å²) in [5, 5.41) is 0. The molecule has 2 heterocycles. The molecule has 0 spiro atoms. The number of unbranched alkanes of at least 4 members (excludes halogenated alkanes) is 5. The van der Waals surface area contributed by atoms with Crippen LogP contribution < -0.4 is 0 Å². The van der Waals surface area contributed by atoms with Gasteiger partial charge in [-0.3, -0.25) is 19.4 Å². The number of carbonyl (C=O) groups is 2. The summed E-state index contributed by atoms with van der Waals surface area (Å²) in [7, 11) is 4.32. The molecule has 0 N–H and O–H groups in total. The van der Waals surface area contributed by atoms with E-state index in [2.05, 4.69) is 72.4 Å². The average Bonchev–Trinajstić information content (AvgIpc) is 2.78. The SMILES string of the molecule is CC.CC1CC(OC(=O)CCCCCCCCC(=O)OC2CC(C)(C)N(C)C(C)(C)C2)CC(C)(C)N1C. The number of piperidine rings is 2. The van der Waals surface area contributed by atoms with Crippen molar-refractivity contribution < 1.29 is 19.1 Å². The minimum Gasteiger partial charge on any atom is -0.462 e. The third kappa shape index (κ3) is 10.9. The predicted octanol–water partition coefficient (Wildman–Crippen LogP) is 7.13. The molecule has 0 aromatic heterocycles. The molecule has 0 aromatic rings. The zero-order chi connectivity index (χ0) is 28.4. The monoisotopic (exact) mass is 524 g/mol. The molecule has 2 saturated heterocycles. The molecule has 6 nitrogen and oxygen atoms in total. The van der Waals surface area contributed by atoms with E-state index in [1.807, 2.05) is 13.8 Å². The minimum absolute atomic E-state index is 0.00672. The lowest BCUT2D eigenvalue weighted by molar-refractivity contribution is -0.159. The van der Waals surface area contributed by atoms with Gasteiger partial charge in [0.05, 0.1) is 0 Å². The van der Waals surface area contributed by atoms with Gasteiger partial charge in [0.15, 0.2) is 0 Å². The largest absolute Gasteiger partial charge is 0.462 e. The molecule has 2 fully saturated rings. The van der Waals surface area contributed by atoms with Gasteiger partial charge in [-0.1, -0.05) is 39.5 Å². The van der Waals surface area contributed by atoms with Gasteiger partial charge in [0.1, 0.15) is 12.2 Å². The molecule has 0 amide bonds. The van der Waals surface area contributed by atoms with Gasteiger partial charge in [-0.15, -0.1) is 0 Å².